The van der Waals surface area contributed by atoms with Gasteiger partial charge in [0.05, 0.1) is 0 Å². The number of aryl methyl sites for hydroxylation is 1. The fourth-order valence-electron chi connectivity index (χ4n) is 2.24. The van der Waals surface area contributed by atoms with Gasteiger partial charge < -0.3 is 10.6 Å². The topological polar surface area (TPSA) is 29.3 Å². The molecular weight excluding hydrogens is 184 g/mol. The summed E-state index contributed by atoms with van der Waals surface area (Å²) in [4.78, 5) is 2.45. The van der Waals surface area contributed by atoms with Crippen molar-refractivity contribution in [2.75, 3.05) is 23.7 Å². The summed E-state index contributed by atoms with van der Waals surface area (Å²) in [6.07, 6.45) is 2.60. The molecule has 0 bridgehead atoms. The monoisotopic (exact) mass is 204 g/mol. The lowest BCUT2D eigenvalue weighted by atomic mass is 9.98. The van der Waals surface area contributed by atoms with E-state index in [9.17, 15) is 0 Å². The number of piperidine rings is 1. The van der Waals surface area contributed by atoms with Crippen LogP contribution in [0.15, 0.2) is 18.2 Å². The predicted octanol–water partition coefficient (Wildman–Crippen LogP) is 2.81. The molecule has 0 unspecified atom stereocenters. The molecule has 0 spiro atoms. The zero-order valence-corrected chi connectivity index (χ0v) is 9.66. The van der Waals surface area contributed by atoms with E-state index in [1.165, 1.54) is 37.2 Å². The van der Waals surface area contributed by atoms with Gasteiger partial charge in [-0.25, -0.2) is 0 Å². The van der Waals surface area contributed by atoms with Crippen LogP contribution in [-0.4, -0.2) is 13.1 Å². The quantitative estimate of drug-likeness (QED) is 0.713. The van der Waals surface area contributed by atoms with Gasteiger partial charge >= 0.3 is 0 Å². The first-order chi connectivity index (χ1) is 7.15. The minimum absolute atomic E-state index is 0.878. The van der Waals surface area contributed by atoms with Crippen LogP contribution >= 0.6 is 0 Å². The van der Waals surface area contributed by atoms with Gasteiger partial charge in [-0.05, 0) is 49.4 Å². The van der Waals surface area contributed by atoms with Crippen molar-refractivity contribution in [3.63, 3.8) is 0 Å². The first-order valence-corrected chi connectivity index (χ1v) is 5.77. The normalized spacial score (nSPS) is 18.1. The summed E-state index contributed by atoms with van der Waals surface area (Å²) < 4.78 is 0. The van der Waals surface area contributed by atoms with Crippen LogP contribution in [0.4, 0.5) is 11.4 Å². The van der Waals surface area contributed by atoms with Crippen molar-refractivity contribution < 1.29 is 0 Å². The van der Waals surface area contributed by atoms with E-state index in [-0.39, 0.29) is 0 Å². The van der Waals surface area contributed by atoms with Crippen molar-refractivity contribution in [3.8, 4) is 0 Å². The molecule has 0 saturated carbocycles. The zero-order chi connectivity index (χ0) is 10.8. The highest BCUT2D eigenvalue weighted by Crippen LogP contribution is 2.25. The van der Waals surface area contributed by atoms with E-state index in [0.29, 0.717) is 0 Å². The Morgan fingerprint density at radius 1 is 1.20 bits per heavy atom. The molecule has 0 aromatic heterocycles. The predicted molar refractivity (Wildman–Crippen MR) is 66.2 cm³/mol. The highest BCUT2D eigenvalue weighted by Gasteiger charge is 2.16. The van der Waals surface area contributed by atoms with Crippen LogP contribution in [0.5, 0.6) is 0 Å². The average molecular weight is 204 g/mol. The first-order valence-electron chi connectivity index (χ1n) is 5.77. The van der Waals surface area contributed by atoms with Gasteiger partial charge in [0.2, 0.25) is 0 Å². The smallest absolute Gasteiger partial charge is 0.0389 e. The summed E-state index contributed by atoms with van der Waals surface area (Å²) in [6.45, 7) is 6.78. The molecule has 0 radical (unpaired) electrons. The number of rotatable bonds is 1. The summed E-state index contributed by atoms with van der Waals surface area (Å²) in [7, 11) is 0. The number of nitrogen functional groups attached to an aromatic ring is 1. The van der Waals surface area contributed by atoms with Crippen LogP contribution in [0.1, 0.15) is 25.3 Å². The van der Waals surface area contributed by atoms with Crippen molar-refractivity contribution in [1.29, 1.82) is 0 Å². The Morgan fingerprint density at radius 2 is 1.87 bits per heavy atom. The Morgan fingerprint density at radius 3 is 2.47 bits per heavy atom. The lowest BCUT2D eigenvalue weighted by Crippen LogP contribution is -2.32. The van der Waals surface area contributed by atoms with Crippen LogP contribution in [0.2, 0.25) is 0 Å². The maximum atomic E-state index is 5.87. The van der Waals surface area contributed by atoms with E-state index in [2.05, 4.69) is 30.9 Å². The van der Waals surface area contributed by atoms with Crippen LogP contribution in [0.3, 0.4) is 0 Å². The molecule has 1 aliphatic rings. The molecule has 2 rings (SSSR count). The van der Waals surface area contributed by atoms with E-state index in [0.717, 1.165) is 11.6 Å². The van der Waals surface area contributed by atoms with Crippen molar-refractivity contribution in [2.24, 2.45) is 5.92 Å². The molecule has 2 N–H and O–H groups in total. The molecular formula is C13H20N2. The maximum Gasteiger partial charge on any atom is 0.0389 e. The molecule has 1 saturated heterocycles. The van der Waals surface area contributed by atoms with Crippen molar-refractivity contribution in [3.05, 3.63) is 23.8 Å². The Balaban J connectivity index is 2.15. The van der Waals surface area contributed by atoms with Gasteiger partial charge in [0.25, 0.3) is 0 Å². The molecule has 0 aliphatic carbocycles. The number of nitrogens with zero attached hydrogens (tertiary/aromatic N) is 1. The second-order valence-electron chi connectivity index (χ2n) is 4.77. The molecule has 82 valence electrons. The SMILES string of the molecule is Cc1cc(N)cc(N2CCC(C)CC2)c1. The van der Waals surface area contributed by atoms with E-state index in [1.54, 1.807) is 0 Å². The third-order valence-corrected chi connectivity index (χ3v) is 3.23. The van der Waals surface area contributed by atoms with Crippen LogP contribution in [0.25, 0.3) is 0 Å². The van der Waals surface area contributed by atoms with Crippen molar-refractivity contribution in [2.45, 2.75) is 26.7 Å². The Labute approximate surface area is 92.1 Å². The minimum Gasteiger partial charge on any atom is -0.399 e. The van der Waals surface area contributed by atoms with Gasteiger partial charge in [0.1, 0.15) is 0 Å². The van der Waals surface area contributed by atoms with Crippen molar-refractivity contribution in [1.82, 2.24) is 0 Å². The van der Waals surface area contributed by atoms with Crippen molar-refractivity contribution >= 4 is 11.4 Å². The second kappa shape index (κ2) is 4.13. The Kier molecular flexibility index (Phi) is 2.85. The van der Waals surface area contributed by atoms with Gasteiger partial charge in [-0.2, -0.15) is 0 Å². The van der Waals surface area contributed by atoms with E-state index in [1.807, 2.05) is 6.07 Å². The van der Waals surface area contributed by atoms with Gasteiger partial charge in [-0.15, -0.1) is 0 Å². The molecule has 1 aromatic rings. The Bertz CT molecular complexity index is 318. The third-order valence-electron chi connectivity index (χ3n) is 3.23. The van der Waals surface area contributed by atoms with Gasteiger partial charge in [0, 0.05) is 24.5 Å². The Hall–Kier alpha value is -1.18. The van der Waals surface area contributed by atoms with E-state index >= 15 is 0 Å². The third kappa shape index (κ3) is 2.44. The summed E-state index contributed by atoms with van der Waals surface area (Å²) in [5.41, 5.74) is 9.29. The summed E-state index contributed by atoms with van der Waals surface area (Å²) in [5, 5.41) is 0. The lowest BCUT2D eigenvalue weighted by Gasteiger charge is -2.32. The zero-order valence-electron chi connectivity index (χ0n) is 9.66. The number of hydrogen-bond acceptors (Lipinski definition) is 2. The van der Waals surface area contributed by atoms with Crippen LogP contribution in [0, 0.1) is 12.8 Å². The number of nitrogens with two attached hydrogens (primary N) is 1. The molecule has 1 heterocycles. The molecule has 2 heteroatoms. The molecule has 15 heavy (non-hydrogen) atoms. The van der Waals surface area contributed by atoms with Crippen LogP contribution in [-0.2, 0) is 0 Å². The number of anilines is 2. The molecule has 0 amide bonds. The first kappa shape index (κ1) is 10.3. The maximum absolute atomic E-state index is 5.87. The standard InChI is InChI=1S/C13H20N2/c1-10-3-5-15(6-4-10)13-8-11(2)7-12(14)9-13/h7-10H,3-6,14H2,1-2H3. The van der Waals surface area contributed by atoms with Gasteiger partial charge in [-0.3, -0.25) is 0 Å². The lowest BCUT2D eigenvalue weighted by molar-refractivity contribution is 0.438. The number of hydrogen-bond donors (Lipinski definition) is 1. The highest BCUT2D eigenvalue weighted by atomic mass is 15.1. The summed E-state index contributed by atoms with van der Waals surface area (Å²) in [5.74, 6) is 0.878. The molecule has 2 nitrogen and oxygen atoms in total. The highest BCUT2D eigenvalue weighted by molar-refractivity contribution is 5.58. The fraction of sp³-hybridized carbons (Fsp3) is 0.538. The summed E-state index contributed by atoms with van der Waals surface area (Å²) in [6, 6.07) is 6.34. The second-order valence-corrected chi connectivity index (χ2v) is 4.77. The molecule has 1 aromatic carbocycles. The average Bonchev–Trinajstić information content (AvgIpc) is 2.17. The van der Waals surface area contributed by atoms with E-state index in [4.69, 9.17) is 5.73 Å². The van der Waals surface area contributed by atoms with Crippen LogP contribution < -0.4 is 10.6 Å². The van der Waals surface area contributed by atoms with Gasteiger partial charge in [0.15, 0.2) is 0 Å². The molecule has 0 atom stereocenters. The molecule has 1 aliphatic heterocycles. The molecule has 1 fully saturated rings. The van der Waals surface area contributed by atoms with Gasteiger partial charge in [-0.1, -0.05) is 6.92 Å². The fourth-order valence-corrected chi connectivity index (χ4v) is 2.24. The summed E-state index contributed by atoms with van der Waals surface area (Å²) >= 11 is 0. The number of benzene rings is 1. The van der Waals surface area contributed by atoms with E-state index < -0.39 is 0 Å². The largest absolute Gasteiger partial charge is 0.399 e. The minimum atomic E-state index is 0.878.